The van der Waals surface area contributed by atoms with E-state index in [1.54, 1.807) is 0 Å². The van der Waals surface area contributed by atoms with E-state index in [2.05, 4.69) is 50.9 Å². The standard InChI is InChI=1S/C12H7Br/c13-8-7-10-5-6-11-3-1-2-4-12(11)9-10/h1-6,9H. The first-order valence-corrected chi connectivity index (χ1v) is 4.80. The van der Waals surface area contributed by atoms with Gasteiger partial charge >= 0.3 is 0 Å². The normalized spacial score (nSPS) is 9.31. The average Bonchev–Trinajstić information content (AvgIpc) is 2.18. The Morgan fingerprint density at radius 3 is 2.46 bits per heavy atom. The minimum Gasteiger partial charge on any atom is -0.0616 e. The fraction of sp³-hybridized carbons (Fsp3) is 0. The summed E-state index contributed by atoms with van der Waals surface area (Å²) in [6.45, 7) is 0. The lowest BCUT2D eigenvalue weighted by atomic mass is 10.1. The summed E-state index contributed by atoms with van der Waals surface area (Å²) in [7, 11) is 0. The van der Waals surface area contributed by atoms with Crippen LogP contribution in [0.3, 0.4) is 0 Å². The largest absolute Gasteiger partial charge is 0.0616 e. The molecule has 0 spiro atoms. The van der Waals surface area contributed by atoms with Crippen LogP contribution in [0.5, 0.6) is 0 Å². The van der Waals surface area contributed by atoms with Crippen LogP contribution in [0.4, 0.5) is 0 Å². The molecule has 2 rings (SSSR count). The number of hydrogen-bond acceptors (Lipinski definition) is 0. The smallest absolute Gasteiger partial charge is 0.0260 e. The Bertz CT molecular complexity index is 489. The molecule has 2 aromatic carbocycles. The lowest BCUT2D eigenvalue weighted by Gasteiger charge is -1.96. The Morgan fingerprint density at radius 2 is 1.69 bits per heavy atom. The van der Waals surface area contributed by atoms with Crippen molar-refractivity contribution < 1.29 is 0 Å². The molecule has 0 unspecified atom stereocenters. The lowest BCUT2D eigenvalue weighted by molar-refractivity contribution is 1.70. The van der Waals surface area contributed by atoms with E-state index >= 15 is 0 Å². The number of halogens is 1. The molecule has 0 saturated heterocycles. The summed E-state index contributed by atoms with van der Waals surface area (Å²) in [6.07, 6.45) is 0. The predicted octanol–water partition coefficient (Wildman–Crippen LogP) is 3.54. The van der Waals surface area contributed by atoms with Crippen LogP contribution < -0.4 is 0 Å². The van der Waals surface area contributed by atoms with Crippen LogP contribution in [-0.2, 0) is 0 Å². The molecule has 0 aliphatic rings. The van der Waals surface area contributed by atoms with E-state index in [1.165, 1.54) is 10.8 Å². The van der Waals surface area contributed by atoms with Crippen LogP contribution in [0.1, 0.15) is 5.56 Å². The summed E-state index contributed by atoms with van der Waals surface area (Å²) in [5, 5.41) is 2.48. The first-order chi connectivity index (χ1) is 6.40. The van der Waals surface area contributed by atoms with Crippen LogP contribution in [0.15, 0.2) is 42.5 Å². The maximum atomic E-state index is 3.09. The number of rotatable bonds is 0. The Hall–Kier alpha value is -1.26. The third kappa shape index (κ3) is 1.74. The zero-order chi connectivity index (χ0) is 9.10. The molecule has 0 aromatic heterocycles. The van der Waals surface area contributed by atoms with E-state index in [9.17, 15) is 0 Å². The summed E-state index contributed by atoms with van der Waals surface area (Å²) >= 11 is 3.09. The van der Waals surface area contributed by atoms with Gasteiger partial charge in [0.25, 0.3) is 0 Å². The van der Waals surface area contributed by atoms with Crippen molar-refractivity contribution in [3.8, 4) is 10.8 Å². The molecule has 2 aromatic rings. The highest BCUT2D eigenvalue weighted by Gasteiger charge is 1.91. The van der Waals surface area contributed by atoms with Crippen molar-refractivity contribution in [1.82, 2.24) is 0 Å². The minimum absolute atomic E-state index is 1.04. The van der Waals surface area contributed by atoms with Crippen LogP contribution >= 0.6 is 15.9 Å². The van der Waals surface area contributed by atoms with Gasteiger partial charge in [0, 0.05) is 21.5 Å². The van der Waals surface area contributed by atoms with Gasteiger partial charge in [-0.15, -0.1) is 0 Å². The highest BCUT2D eigenvalue weighted by atomic mass is 79.9. The van der Waals surface area contributed by atoms with Crippen LogP contribution in [0.2, 0.25) is 0 Å². The van der Waals surface area contributed by atoms with Crippen molar-refractivity contribution in [3.05, 3.63) is 48.0 Å². The molecule has 0 radical (unpaired) electrons. The maximum absolute atomic E-state index is 3.09. The van der Waals surface area contributed by atoms with Crippen molar-refractivity contribution in [3.63, 3.8) is 0 Å². The van der Waals surface area contributed by atoms with Crippen LogP contribution in [0, 0.1) is 10.8 Å². The van der Waals surface area contributed by atoms with Gasteiger partial charge in [0.15, 0.2) is 0 Å². The van der Waals surface area contributed by atoms with Crippen molar-refractivity contribution in [2.45, 2.75) is 0 Å². The van der Waals surface area contributed by atoms with Crippen LogP contribution in [0.25, 0.3) is 10.8 Å². The molecule has 0 nitrogen and oxygen atoms in total. The van der Waals surface area contributed by atoms with Crippen molar-refractivity contribution in [2.75, 3.05) is 0 Å². The fourth-order valence-corrected chi connectivity index (χ4v) is 1.55. The van der Waals surface area contributed by atoms with E-state index in [1.807, 2.05) is 18.2 Å². The second-order valence-corrected chi connectivity index (χ2v) is 3.18. The third-order valence-corrected chi connectivity index (χ3v) is 2.14. The highest BCUT2D eigenvalue weighted by molar-refractivity contribution is 9.12. The first-order valence-electron chi connectivity index (χ1n) is 4.00. The van der Waals surface area contributed by atoms with Gasteiger partial charge in [-0.05, 0) is 27.7 Å². The molecule has 0 amide bonds. The molecule has 62 valence electrons. The van der Waals surface area contributed by atoms with Gasteiger partial charge in [0.2, 0.25) is 0 Å². The Labute approximate surface area is 85.7 Å². The summed E-state index contributed by atoms with van der Waals surface area (Å²) in [6, 6.07) is 14.5. The molecule has 0 heterocycles. The third-order valence-electron chi connectivity index (χ3n) is 1.94. The monoisotopic (exact) mass is 230 g/mol. The Kier molecular flexibility index (Phi) is 2.33. The van der Waals surface area contributed by atoms with Gasteiger partial charge in [-0.1, -0.05) is 36.3 Å². The average molecular weight is 231 g/mol. The minimum atomic E-state index is 1.04. The Balaban J connectivity index is 2.66. The van der Waals surface area contributed by atoms with E-state index in [0.717, 1.165) is 5.56 Å². The van der Waals surface area contributed by atoms with Gasteiger partial charge < -0.3 is 0 Å². The van der Waals surface area contributed by atoms with E-state index in [-0.39, 0.29) is 0 Å². The molecule has 1 heteroatoms. The molecule has 0 aliphatic heterocycles. The number of fused-ring (bicyclic) bond motifs is 1. The van der Waals surface area contributed by atoms with Gasteiger partial charge in [-0.3, -0.25) is 0 Å². The zero-order valence-electron chi connectivity index (χ0n) is 6.92. The van der Waals surface area contributed by atoms with Crippen molar-refractivity contribution >= 4 is 26.7 Å². The van der Waals surface area contributed by atoms with E-state index < -0.39 is 0 Å². The topological polar surface area (TPSA) is 0 Å². The molecule has 0 N–H and O–H groups in total. The maximum Gasteiger partial charge on any atom is 0.0260 e. The summed E-state index contributed by atoms with van der Waals surface area (Å²) in [4.78, 5) is 2.71. The quantitative estimate of drug-likeness (QED) is 0.608. The van der Waals surface area contributed by atoms with Crippen molar-refractivity contribution in [1.29, 1.82) is 0 Å². The zero-order valence-corrected chi connectivity index (χ0v) is 8.51. The van der Waals surface area contributed by atoms with Gasteiger partial charge in [0.05, 0.1) is 0 Å². The predicted molar refractivity (Wildman–Crippen MR) is 59.8 cm³/mol. The Morgan fingerprint density at radius 1 is 0.923 bits per heavy atom. The SMILES string of the molecule is BrC#Cc1ccc2ccccc2c1. The molecule has 0 saturated carbocycles. The molecule has 0 bridgehead atoms. The van der Waals surface area contributed by atoms with Crippen LogP contribution in [-0.4, -0.2) is 0 Å². The van der Waals surface area contributed by atoms with Gasteiger partial charge in [0.1, 0.15) is 0 Å². The molecule has 0 atom stereocenters. The van der Waals surface area contributed by atoms with Crippen molar-refractivity contribution in [2.24, 2.45) is 0 Å². The summed E-state index contributed by atoms with van der Waals surface area (Å²) in [5.74, 6) is 2.97. The van der Waals surface area contributed by atoms with E-state index in [4.69, 9.17) is 0 Å². The number of benzene rings is 2. The molecular weight excluding hydrogens is 224 g/mol. The fourth-order valence-electron chi connectivity index (χ4n) is 1.32. The second kappa shape index (κ2) is 3.64. The summed E-state index contributed by atoms with van der Waals surface area (Å²) < 4.78 is 0. The molecular formula is C12H7Br. The first kappa shape index (κ1) is 8.34. The van der Waals surface area contributed by atoms with Gasteiger partial charge in [-0.2, -0.15) is 0 Å². The molecule has 0 aliphatic carbocycles. The van der Waals surface area contributed by atoms with E-state index in [0.29, 0.717) is 0 Å². The second-order valence-electron chi connectivity index (χ2n) is 2.78. The lowest BCUT2D eigenvalue weighted by Crippen LogP contribution is -1.75. The van der Waals surface area contributed by atoms with Gasteiger partial charge in [-0.25, -0.2) is 0 Å². The highest BCUT2D eigenvalue weighted by Crippen LogP contribution is 2.14. The summed E-state index contributed by atoms with van der Waals surface area (Å²) in [5.41, 5.74) is 1.04. The number of hydrogen-bond donors (Lipinski definition) is 0. The molecule has 13 heavy (non-hydrogen) atoms. The molecule has 0 fully saturated rings.